The van der Waals surface area contributed by atoms with Crippen LogP contribution in [0.3, 0.4) is 0 Å². The van der Waals surface area contributed by atoms with Gasteiger partial charge >= 0.3 is 0 Å². The van der Waals surface area contributed by atoms with Gasteiger partial charge in [-0.05, 0) is 29.0 Å². The van der Waals surface area contributed by atoms with E-state index in [2.05, 4.69) is 30.7 Å². The van der Waals surface area contributed by atoms with Crippen molar-refractivity contribution in [1.82, 2.24) is 9.79 Å². The fourth-order valence-corrected chi connectivity index (χ4v) is 4.96. The van der Waals surface area contributed by atoms with Gasteiger partial charge in [-0.3, -0.25) is 4.84 Å². The molecule has 1 fully saturated rings. The highest BCUT2D eigenvalue weighted by atomic mass is 32.2. The number of hydroxylamine groups is 2. The highest BCUT2D eigenvalue weighted by Gasteiger charge is 2.42. The maximum absolute atomic E-state index is 12.9. The summed E-state index contributed by atoms with van der Waals surface area (Å²) in [7, 11) is -1.71. The minimum absolute atomic E-state index is 0.160. The van der Waals surface area contributed by atoms with Crippen LogP contribution in [-0.4, -0.2) is 38.9 Å². The van der Waals surface area contributed by atoms with Gasteiger partial charge in [0.25, 0.3) is 0 Å². The molecule has 0 spiro atoms. The lowest BCUT2D eigenvalue weighted by molar-refractivity contribution is -0.110. The molecule has 1 aliphatic heterocycles. The SMILES string of the molecule is CC(C)c1ccc([C@@H]2[C@H](S(=O)(=O)NCCc3ccccc3)CON2C)cc1. The second-order valence-corrected chi connectivity index (χ2v) is 9.31. The Balaban J connectivity index is 1.71. The summed E-state index contributed by atoms with van der Waals surface area (Å²) in [6.07, 6.45) is 0.664. The number of sulfonamides is 1. The third-order valence-electron chi connectivity index (χ3n) is 5.09. The van der Waals surface area contributed by atoms with Crippen LogP contribution in [0.1, 0.15) is 42.5 Å². The summed E-state index contributed by atoms with van der Waals surface area (Å²) in [5.74, 6) is 0.441. The molecule has 0 amide bonds. The van der Waals surface area contributed by atoms with Crippen LogP contribution < -0.4 is 4.72 Å². The molecule has 0 saturated carbocycles. The smallest absolute Gasteiger partial charge is 0.218 e. The van der Waals surface area contributed by atoms with Crippen LogP contribution in [0.2, 0.25) is 0 Å². The molecule has 2 aromatic carbocycles. The number of nitrogens with zero attached hydrogens (tertiary/aromatic N) is 1. The number of nitrogens with one attached hydrogen (secondary N) is 1. The Morgan fingerprint density at radius 1 is 1.11 bits per heavy atom. The zero-order valence-corrected chi connectivity index (χ0v) is 16.9. The van der Waals surface area contributed by atoms with Gasteiger partial charge in [-0.2, -0.15) is 5.06 Å². The number of rotatable bonds is 7. The van der Waals surface area contributed by atoms with Gasteiger partial charge in [-0.25, -0.2) is 13.1 Å². The van der Waals surface area contributed by atoms with Crippen LogP contribution in [0.25, 0.3) is 0 Å². The molecule has 0 aliphatic carbocycles. The van der Waals surface area contributed by atoms with Gasteiger partial charge in [0.15, 0.2) is 0 Å². The Hall–Kier alpha value is -1.73. The summed E-state index contributed by atoms with van der Waals surface area (Å²) in [6, 6.07) is 17.7. The first-order valence-corrected chi connectivity index (χ1v) is 10.9. The Morgan fingerprint density at radius 3 is 2.41 bits per heavy atom. The molecular formula is C21H28N2O3S. The molecule has 3 rings (SSSR count). The molecule has 0 unspecified atom stereocenters. The second-order valence-electron chi connectivity index (χ2n) is 7.32. The van der Waals surface area contributed by atoms with E-state index >= 15 is 0 Å². The van der Waals surface area contributed by atoms with E-state index in [0.717, 1.165) is 11.1 Å². The van der Waals surface area contributed by atoms with Gasteiger partial charge in [-0.1, -0.05) is 68.4 Å². The number of hydrogen-bond donors (Lipinski definition) is 1. The van der Waals surface area contributed by atoms with Crippen molar-refractivity contribution < 1.29 is 13.3 Å². The first-order chi connectivity index (χ1) is 12.9. The molecule has 27 heavy (non-hydrogen) atoms. The zero-order chi connectivity index (χ0) is 19.4. The van der Waals surface area contributed by atoms with Crippen molar-refractivity contribution in [3.63, 3.8) is 0 Å². The summed E-state index contributed by atoms with van der Waals surface area (Å²) in [4.78, 5) is 5.58. The zero-order valence-electron chi connectivity index (χ0n) is 16.1. The molecule has 0 radical (unpaired) electrons. The lowest BCUT2D eigenvalue weighted by Gasteiger charge is -2.23. The average molecular weight is 389 g/mol. The maximum Gasteiger partial charge on any atom is 0.218 e. The summed E-state index contributed by atoms with van der Waals surface area (Å²) >= 11 is 0. The summed E-state index contributed by atoms with van der Waals surface area (Å²) in [5.41, 5.74) is 3.30. The summed E-state index contributed by atoms with van der Waals surface area (Å²) in [5, 5.41) is 1.02. The topological polar surface area (TPSA) is 58.6 Å². The van der Waals surface area contributed by atoms with Crippen molar-refractivity contribution in [3.8, 4) is 0 Å². The van der Waals surface area contributed by atoms with Crippen LogP contribution >= 0.6 is 0 Å². The largest absolute Gasteiger partial charge is 0.297 e. The van der Waals surface area contributed by atoms with Crippen LogP contribution in [0.5, 0.6) is 0 Å². The quantitative estimate of drug-likeness (QED) is 0.791. The molecule has 2 atom stereocenters. The molecule has 1 heterocycles. The summed E-state index contributed by atoms with van der Waals surface area (Å²) in [6.45, 7) is 4.83. The van der Waals surface area contributed by atoms with Crippen molar-refractivity contribution >= 4 is 10.0 Å². The molecule has 6 heteroatoms. The van der Waals surface area contributed by atoms with E-state index in [0.29, 0.717) is 18.9 Å². The molecule has 0 aromatic heterocycles. The summed E-state index contributed by atoms with van der Waals surface area (Å²) < 4.78 is 28.6. The van der Waals surface area contributed by atoms with E-state index in [1.54, 1.807) is 12.1 Å². The van der Waals surface area contributed by atoms with Gasteiger partial charge in [0.2, 0.25) is 10.0 Å². The number of hydrogen-bond acceptors (Lipinski definition) is 4. The Kier molecular flexibility index (Phi) is 6.32. The van der Waals surface area contributed by atoms with E-state index < -0.39 is 15.3 Å². The molecule has 5 nitrogen and oxygen atoms in total. The fraction of sp³-hybridized carbons (Fsp3) is 0.429. The van der Waals surface area contributed by atoms with Crippen molar-refractivity contribution in [2.75, 3.05) is 20.2 Å². The second kappa shape index (κ2) is 8.52. The van der Waals surface area contributed by atoms with Crippen LogP contribution in [0.4, 0.5) is 0 Å². The molecule has 1 N–H and O–H groups in total. The lowest BCUT2D eigenvalue weighted by atomic mass is 9.98. The van der Waals surface area contributed by atoms with Crippen LogP contribution in [0.15, 0.2) is 54.6 Å². The Morgan fingerprint density at radius 2 is 1.78 bits per heavy atom. The Bertz CT molecular complexity index is 835. The van der Waals surface area contributed by atoms with Gasteiger partial charge in [0.1, 0.15) is 5.25 Å². The third-order valence-corrected chi connectivity index (χ3v) is 6.89. The first-order valence-electron chi connectivity index (χ1n) is 9.36. The van der Waals surface area contributed by atoms with Gasteiger partial charge in [-0.15, -0.1) is 0 Å². The van der Waals surface area contributed by atoms with Gasteiger partial charge in [0.05, 0.1) is 12.6 Å². The van der Waals surface area contributed by atoms with E-state index in [9.17, 15) is 8.42 Å². The molecule has 2 aromatic rings. The van der Waals surface area contributed by atoms with Crippen molar-refractivity contribution in [3.05, 3.63) is 71.3 Å². The Labute approximate surface area is 162 Å². The normalized spacial score (nSPS) is 21.0. The standard InChI is InChI=1S/C21H28N2O3S/c1-16(2)18-9-11-19(12-10-18)21-20(15-26-23(21)3)27(24,25)22-14-13-17-7-5-4-6-8-17/h4-12,16,20-22H,13-15H2,1-3H3/t20-,21-/m1/s1. The van der Waals surface area contributed by atoms with Crippen molar-refractivity contribution in [1.29, 1.82) is 0 Å². The van der Waals surface area contributed by atoms with Crippen LogP contribution in [0, 0.1) is 0 Å². The van der Waals surface area contributed by atoms with E-state index in [4.69, 9.17) is 4.84 Å². The molecule has 0 bridgehead atoms. The predicted octanol–water partition coefficient (Wildman–Crippen LogP) is 3.26. The van der Waals surface area contributed by atoms with E-state index in [1.807, 2.05) is 42.5 Å². The first kappa shape index (κ1) is 20.0. The van der Waals surface area contributed by atoms with Gasteiger partial charge in [0, 0.05) is 13.6 Å². The van der Waals surface area contributed by atoms with E-state index in [1.165, 1.54) is 5.56 Å². The van der Waals surface area contributed by atoms with Crippen molar-refractivity contribution in [2.24, 2.45) is 0 Å². The maximum atomic E-state index is 12.9. The molecular weight excluding hydrogens is 360 g/mol. The highest BCUT2D eigenvalue weighted by Crippen LogP contribution is 2.33. The molecule has 1 saturated heterocycles. The molecule has 1 aliphatic rings. The van der Waals surface area contributed by atoms with Crippen molar-refractivity contribution in [2.45, 2.75) is 37.5 Å². The monoisotopic (exact) mass is 388 g/mol. The third kappa shape index (κ3) is 4.76. The lowest BCUT2D eigenvalue weighted by Crippen LogP contribution is -2.40. The predicted molar refractivity (Wildman–Crippen MR) is 108 cm³/mol. The number of benzene rings is 2. The van der Waals surface area contributed by atoms with Crippen LogP contribution in [-0.2, 0) is 21.3 Å². The minimum atomic E-state index is -3.50. The van der Waals surface area contributed by atoms with E-state index in [-0.39, 0.29) is 12.6 Å². The molecule has 146 valence electrons. The average Bonchev–Trinajstić information content (AvgIpc) is 3.05. The van der Waals surface area contributed by atoms with Gasteiger partial charge < -0.3 is 0 Å². The fourth-order valence-electron chi connectivity index (χ4n) is 3.45. The minimum Gasteiger partial charge on any atom is -0.297 e. The highest BCUT2D eigenvalue weighted by molar-refractivity contribution is 7.90.